The molecular formula is C41H40. The highest BCUT2D eigenvalue weighted by Gasteiger charge is 2.37. The van der Waals surface area contributed by atoms with Crippen LogP contribution in [0.4, 0.5) is 0 Å². The highest BCUT2D eigenvalue weighted by molar-refractivity contribution is 6.03. The van der Waals surface area contributed by atoms with Gasteiger partial charge in [0, 0.05) is 5.92 Å². The van der Waals surface area contributed by atoms with Crippen molar-refractivity contribution in [2.24, 2.45) is 11.8 Å². The molecule has 0 N–H and O–H groups in total. The summed E-state index contributed by atoms with van der Waals surface area (Å²) in [5.74, 6) is 1.21. The van der Waals surface area contributed by atoms with Crippen LogP contribution in [0.25, 0.3) is 34.1 Å². The third kappa shape index (κ3) is 4.02. The van der Waals surface area contributed by atoms with Crippen LogP contribution in [0.3, 0.4) is 0 Å². The summed E-state index contributed by atoms with van der Waals surface area (Å²) in [5, 5.41) is 5.87. The number of hydrogen-bond donors (Lipinski definition) is 0. The Bertz CT molecular complexity index is 1830. The Hall–Kier alpha value is -3.64. The molecular weight excluding hydrogens is 492 g/mol. The Labute approximate surface area is 244 Å². The summed E-state index contributed by atoms with van der Waals surface area (Å²) in [4.78, 5) is 0. The van der Waals surface area contributed by atoms with Crippen LogP contribution in [0.2, 0.25) is 0 Å². The van der Waals surface area contributed by atoms with Gasteiger partial charge in [0.25, 0.3) is 0 Å². The van der Waals surface area contributed by atoms with Crippen molar-refractivity contribution >= 4 is 34.1 Å². The Balaban J connectivity index is 1.38. The lowest BCUT2D eigenvalue weighted by molar-refractivity contribution is 0.466. The predicted molar refractivity (Wildman–Crippen MR) is 176 cm³/mol. The van der Waals surface area contributed by atoms with Gasteiger partial charge in [-0.25, -0.2) is 0 Å². The van der Waals surface area contributed by atoms with Crippen LogP contribution in [-0.4, -0.2) is 0 Å². The molecule has 0 heterocycles. The zero-order valence-electron chi connectivity index (χ0n) is 24.4. The fourth-order valence-electron chi connectivity index (χ4n) is 8.68. The molecule has 6 aliphatic rings. The molecule has 2 unspecified atom stereocenters. The van der Waals surface area contributed by atoms with E-state index < -0.39 is 0 Å². The van der Waals surface area contributed by atoms with E-state index in [0.717, 1.165) is 38.5 Å². The first kappa shape index (κ1) is 25.1. The Morgan fingerprint density at radius 2 is 1.56 bits per heavy atom. The van der Waals surface area contributed by atoms with Gasteiger partial charge in [-0.3, -0.25) is 0 Å². The van der Waals surface area contributed by atoms with E-state index in [9.17, 15) is 0 Å². The maximum Gasteiger partial charge on any atom is 0.0101 e. The first-order valence-electron chi connectivity index (χ1n) is 16.2. The molecule has 41 heavy (non-hydrogen) atoms. The first-order chi connectivity index (χ1) is 20.3. The molecule has 0 saturated heterocycles. The van der Waals surface area contributed by atoms with Gasteiger partial charge >= 0.3 is 0 Å². The molecule has 0 fully saturated rings. The fourth-order valence-corrected chi connectivity index (χ4v) is 8.68. The molecule has 0 aromatic heterocycles. The normalized spacial score (nSPS) is 24.5. The summed E-state index contributed by atoms with van der Waals surface area (Å²) < 4.78 is 0. The largest absolute Gasteiger partial charge is 0.0842 e. The molecule has 0 spiro atoms. The van der Waals surface area contributed by atoms with Crippen molar-refractivity contribution in [3.8, 4) is 0 Å². The minimum Gasteiger partial charge on any atom is -0.0842 e. The van der Waals surface area contributed by atoms with E-state index >= 15 is 0 Å². The van der Waals surface area contributed by atoms with Crippen molar-refractivity contribution < 1.29 is 0 Å². The van der Waals surface area contributed by atoms with Crippen LogP contribution < -0.4 is 10.4 Å². The SMILES string of the molecule is CCCC1=C2C=CC3=C(c4c5c(c(C6=CC=CCC6)c6ccccc46)=CCCC=5)CCC=C3C2CC2CC=CC=C12. The van der Waals surface area contributed by atoms with Gasteiger partial charge in [0.15, 0.2) is 0 Å². The van der Waals surface area contributed by atoms with Crippen LogP contribution in [0, 0.1) is 11.8 Å². The van der Waals surface area contributed by atoms with E-state index in [-0.39, 0.29) is 0 Å². The summed E-state index contributed by atoms with van der Waals surface area (Å²) in [6, 6.07) is 9.30. The second kappa shape index (κ2) is 10.3. The lowest BCUT2D eigenvalue weighted by atomic mass is 9.63. The number of hydrogen-bond acceptors (Lipinski definition) is 0. The van der Waals surface area contributed by atoms with Gasteiger partial charge in [0.2, 0.25) is 0 Å². The monoisotopic (exact) mass is 532 g/mol. The minimum atomic E-state index is 0.539. The van der Waals surface area contributed by atoms with Gasteiger partial charge in [0.05, 0.1) is 0 Å². The molecule has 0 aliphatic heterocycles. The van der Waals surface area contributed by atoms with Crippen molar-refractivity contribution in [1.82, 2.24) is 0 Å². The zero-order chi connectivity index (χ0) is 27.3. The van der Waals surface area contributed by atoms with E-state index in [0.29, 0.717) is 11.8 Å². The van der Waals surface area contributed by atoms with Crippen LogP contribution >= 0.6 is 0 Å². The lowest BCUT2D eigenvalue weighted by Crippen LogP contribution is -2.35. The number of rotatable bonds is 4. The third-order valence-corrected chi connectivity index (χ3v) is 10.4. The average Bonchev–Trinajstić information content (AvgIpc) is 3.03. The average molecular weight is 533 g/mol. The Morgan fingerprint density at radius 3 is 2.37 bits per heavy atom. The standard InChI is InChI=1S/C41H40/c1-2-13-30-29-17-7-6-16-28(29)26-39-31-22-12-23-34(32(31)24-25-33(30)39)41-37-20-10-8-18-35(37)40(27-14-4-3-5-15-27)36-19-9-11-21-38(36)41/h3-4,6-8,10,14,17-22,24-25,28,39H,2,5,9,11-13,15-16,23,26H2,1H3. The van der Waals surface area contributed by atoms with Crippen molar-refractivity contribution in [2.45, 2.75) is 71.1 Å². The predicted octanol–water partition coefficient (Wildman–Crippen LogP) is 9.59. The van der Waals surface area contributed by atoms with Crippen LogP contribution in [0.5, 0.6) is 0 Å². The van der Waals surface area contributed by atoms with E-state index in [1.54, 1.807) is 27.9 Å². The van der Waals surface area contributed by atoms with Gasteiger partial charge < -0.3 is 0 Å². The molecule has 0 saturated carbocycles. The van der Waals surface area contributed by atoms with Crippen LogP contribution in [0.1, 0.15) is 82.3 Å². The summed E-state index contributed by atoms with van der Waals surface area (Å²) in [5.41, 5.74) is 14.1. The van der Waals surface area contributed by atoms with Crippen molar-refractivity contribution in [1.29, 1.82) is 0 Å². The van der Waals surface area contributed by atoms with Crippen molar-refractivity contribution in [3.05, 3.63) is 128 Å². The molecule has 2 aromatic rings. The van der Waals surface area contributed by atoms with E-state index in [1.165, 1.54) is 69.2 Å². The van der Waals surface area contributed by atoms with Crippen molar-refractivity contribution in [2.75, 3.05) is 0 Å². The van der Waals surface area contributed by atoms with Gasteiger partial charge in [-0.2, -0.15) is 0 Å². The molecule has 0 heteroatoms. The fraction of sp³-hybridized carbons (Fsp3) is 0.317. The molecule has 2 atom stereocenters. The quantitative estimate of drug-likeness (QED) is 0.368. The van der Waals surface area contributed by atoms with Crippen molar-refractivity contribution in [3.63, 3.8) is 0 Å². The molecule has 0 radical (unpaired) electrons. The maximum absolute atomic E-state index is 2.61. The molecule has 6 aliphatic carbocycles. The van der Waals surface area contributed by atoms with Gasteiger partial charge in [-0.1, -0.05) is 104 Å². The summed E-state index contributed by atoms with van der Waals surface area (Å²) in [6.07, 6.45) is 38.5. The zero-order valence-corrected chi connectivity index (χ0v) is 24.4. The maximum atomic E-state index is 2.61. The highest BCUT2D eigenvalue weighted by atomic mass is 14.4. The van der Waals surface area contributed by atoms with E-state index in [2.05, 4.69) is 98.0 Å². The smallest absolute Gasteiger partial charge is 0.0101 e. The molecule has 0 bridgehead atoms. The third-order valence-electron chi connectivity index (χ3n) is 10.4. The molecule has 0 nitrogen and oxygen atoms in total. The minimum absolute atomic E-state index is 0.539. The first-order valence-corrected chi connectivity index (χ1v) is 16.2. The summed E-state index contributed by atoms with van der Waals surface area (Å²) in [6.45, 7) is 2.34. The highest BCUT2D eigenvalue weighted by Crippen LogP contribution is 2.52. The Morgan fingerprint density at radius 1 is 0.756 bits per heavy atom. The van der Waals surface area contributed by atoms with Gasteiger partial charge in [-0.05, 0) is 135 Å². The van der Waals surface area contributed by atoms with Gasteiger partial charge in [-0.15, -0.1) is 0 Å². The molecule has 204 valence electrons. The topological polar surface area (TPSA) is 0 Å². The summed E-state index contributed by atoms with van der Waals surface area (Å²) in [7, 11) is 0. The second-order valence-corrected chi connectivity index (χ2v) is 12.6. The Kier molecular flexibility index (Phi) is 6.32. The van der Waals surface area contributed by atoms with E-state index in [1.807, 2.05) is 0 Å². The number of allylic oxidation sites excluding steroid dienone is 16. The van der Waals surface area contributed by atoms with E-state index in [4.69, 9.17) is 0 Å². The molecule has 8 rings (SSSR count). The number of benzene rings is 2. The molecule has 0 amide bonds. The van der Waals surface area contributed by atoms with Crippen LogP contribution in [0.15, 0.2) is 107 Å². The van der Waals surface area contributed by atoms with Crippen LogP contribution in [-0.2, 0) is 0 Å². The number of fused-ring (bicyclic) bond motifs is 6. The second-order valence-electron chi connectivity index (χ2n) is 12.6. The summed E-state index contributed by atoms with van der Waals surface area (Å²) >= 11 is 0. The lowest BCUT2D eigenvalue weighted by Gasteiger charge is -2.41. The van der Waals surface area contributed by atoms with Gasteiger partial charge in [0.1, 0.15) is 0 Å². The molecule has 2 aromatic carbocycles.